The molecule has 0 amide bonds. The number of halogens is 2. The predicted octanol–water partition coefficient (Wildman–Crippen LogP) is 3.49. The Morgan fingerprint density at radius 2 is 1.95 bits per heavy atom. The summed E-state index contributed by atoms with van der Waals surface area (Å²) in [4.78, 5) is 12.5. The second-order valence-corrected chi connectivity index (χ2v) is 4.59. The number of ether oxygens (including phenoxy) is 1. The smallest absolute Gasteiger partial charge is 0.202 e. The monoisotopic (exact) mass is 291 g/mol. The molecule has 0 fully saturated rings. The minimum atomic E-state index is -1.05. The van der Waals surface area contributed by atoms with Gasteiger partial charge in [-0.3, -0.25) is 4.79 Å². The van der Waals surface area contributed by atoms with Gasteiger partial charge in [-0.25, -0.2) is 8.78 Å². The van der Waals surface area contributed by atoms with Gasteiger partial charge in [-0.05, 0) is 38.1 Å². The molecule has 21 heavy (non-hydrogen) atoms. The van der Waals surface area contributed by atoms with Gasteiger partial charge in [-0.15, -0.1) is 0 Å². The van der Waals surface area contributed by atoms with Gasteiger partial charge in [-0.2, -0.15) is 0 Å². The summed E-state index contributed by atoms with van der Waals surface area (Å²) in [6.07, 6.45) is 0. The first-order valence-electron chi connectivity index (χ1n) is 6.47. The molecule has 0 aliphatic carbocycles. The summed E-state index contributed by atoms with van der Waals surface area (Å²) < 4.78 is 33.2. The first-order valence-corrected chi connectivity index (χ1v) is 6.47. The Labute approximate surface area is 121 Å². The normalized spacial score (nSPS) is 10.5. The second kappa shape index (κ2) is 5.91. The van der Waals surface area contributed by atoms with Crippen LogP contribution in [-0.4, -0.2) is 12.4 Å². The SMILES string of the molecule is CCOc1ccc(C)cc1C(=O)c1c(F)ccc(N)c1F. The van der Waals surface area contributed by atoms with Crippen molar-refractivity contribution in [1.82, 2.24) is 0 Å². The number of nitrogen functional groups attached to an aromatic ring is 1. The van der Waals surface area contributed by atoms with Gasteiger partial charge in [0.2, 0.25) is 5.78 Å². The Hall–Kier alpha value is -2.43. The van der Waals surface area contributed by atoms with Crippen LogP contribution in [-0.2, 0) is 0 Å². The van der Waals surface area contributed by atoms with Crippen LogP contribution in [0.2, 0.25) is 0 Å². The number of carbonyl (C=O) groups is 1. The molecule has 2 aromatic carbocycles. The number of benzene rings is 2. The van der Waals surface area contributed by atoms with E-state index in [-0.39, 0.29) is 17.0 Å². The van der Waals surface area contributed by atoms with Crippen LogP contribution in [0.5, 0.6) is 5.75 Å². The van der Waals surface area contributed by atoms with Gasteiger partial charge in [0.05, 0.1) is 23.4 Å². The lowest BCUT2D eigenvalue weighted by molar-refractivity contribution is 0.102. The average molecular weight is 291 g/mol. The minimum absolute atomic E-state index is 0.111. The molecule has 110 valence electrons. The van der Waals surface area contributed by atoms with Crippen LogP contribution in [0.4, 0.5) is 14.5 Å². The molecule has 2 aromatic rings. The molecule has 0 aliphatic rings. The van der Waals surface area contributed by atoms with Crippen LogP contribution in [0, 0.1) is 18.6 Å². The van der Waals surface area contributed by atoms with Crippen molar-refractivity contribution in [2.24, 2.45) is 0 Å². The molecule has 0 aromatic heterocycles. The zero-order valence-corrected chi connectivity index (χ0v) is 11.7. The van der Waals surface area contributed by atoms with E-state index in [0.717, 1.165) is 17.7 Å². The number of ketones is 1. The number of anilines is 1. The average Bonchev–Trinajstić information content (AvgIpc) is 2.45. The van der Waals surface area contributed by atoms with Crippen LogP contribution in [0.3, 0.4) is 0 Å². The lowest BCUT2D eigenvalue weighted by atomic mass is 9.99. The van der Waals surface area contributed by atoms with Crippen LogP contribution >= 0.6 is 0 Å². The first-order chi connectivity index (χ1) is 9.95. The summed E-state index contributed by atoms with van der Waals surface area (Å²) in [5.41, 5.74) is 5.36. The molecule has 0 aliphatic heterocycles. The van der Waals surface area contributed by atoms with E-state index in [9.17, 15) is 13.6 Å². The van der Waals surface area contributed by atoms with E-state index in [1.807, 2.05) is 0 Å². The summed E-state index contributed by atoms with van der Waals surface area (Å²) in [5, 5.41) is 0. The molecule has 5 heteroatoms. The zero-order valence-electron chi connectivity index (χ0n) is 11.7. The molecule has 2 rings (SSSR count). The van der Waals surface area contributed by atoms with E-state index in [2.05, 4.69) is 0 Å². The Morgan fingerprint density at radius 3 is 2.62 bits per heavy atom. The highest BCUT2D eigenvalue weighted by Crippen LogP contribution is 2.27. The molecule has 0 spiro atoms. The van der Waals surface area contributed by atoms with Crippen molar-refractivity contribution < 1.29 is 18.3 Å². The Kier molecular flexibility index (Phi) is 4.21. The fraction of sp³-hybridized carbons (Fsp3) is 0.188. The molecule has 0 bridgehead atoms. The van der Waals surface area contributed by atoms with Crippen LogP contribution in [0.1, 0.15) is 28.4 Å². The maximum absolute atomic E-state index is 14.0. The van der Waals surface area contributed by atoms with E-state index < -0.39 is 23.0 Å². The van der Waals surface area contributed by atoms with Crippen LogP contribution in [0.15, 0.2) is 30.3 Å². The maximum Gasteiger partial charge on any atom is 0.202 e. The fourth-order valence-electron chi connectivity index (χ4n) is 2.01. The van der Waals surface area contributed by atoms with Gasteiger partial charge in [0.1, 0.15) is 11.6 Å². The maximum atomic E-state index is 14.0. The highest BCUT2D eigenvalue weighted by molar-refractivity contribution is 6.11. The highest BCUT2D eigenvalue weighted by Gasteiger charge is 2.23. The number of rotatable bonds is 4. The van der Waals surface area contributed by atoms with E-state index in [0.29, 0.717) is 6.61 Å². The molecular weight excluding hydrogens is 276 g/mol. The molecule has 0 radical (unpaired) electrons. The number of hydrogen-bond donors (Lipinski definition) is 1. The lowest BCUT2D eigenvalue weighted by Crippen LogP contribution is -2.11. The third-order valence-electron chi connectivity index (χ3n) is 3.03. The van der Waals surface area contributed by atoms with Crippen molar-refractivity contribution in [3.05, 3.63) is 58.7 Å². The molecule has 3 nitrogen and oxygen atoms in total. The van der Waals surface area contributed by atoms with Crippen molar-refractivity contribution in [2.75, 3.05) is 12.3 Å². The molecule has 0 saturated heterocycles. The predicted molar refractivity (Wildman–Crippen MR) is 76.6 cm³/mol. The zero-order chi connectivity index (χ0) is 15.6. The molecule has 0 heterocycles. The van der Waals surface area contributed by atoms with Gasteiger partial charge >= 0.3 is 0 Å². The molecular formula is C16H15F2NO2. The largest absolute Gasteiger partial charge is 0.493 e. The molecule has 0 unspecified atom stereocenters. The Bertz CT molecular complexity index is 699. The third-order valence-corrected chi connectivity index (χ3v) is 3.03. The third kappa shape index (κ3) is 2.86. The molecule has 0 saturated carbocycles. The molecule has 2 N–H and O–H groups in total. The van der Waals surface area contributed by atoms with Gasteiger partial charge in [0, 0.05) is 0 Å². The number of hydrogen-bond acceptors (Lipinski definition) is 3. The van der Waals surface area contributed by atoms with Crippen molar-refractivity contribution >= 4 is 11.5 Å². The summed E-state index contributed by atoms with van der Waals surface area (Å²) in [6.45, 7) is 3.87. The quantitative estimate of drug-likeness (QED) is 0.693. The van der Waals surface area contributed by atoms with Crippen molar-refractivity contribution in [1.29, 1.82) is 0 Å². The van der Waals surface area contributed by atoms with E-state index >= 15 is 0 Å². The summed E-state index contributed by atoms with van der Waals surface area (Å²) in [5.74, 6) is -2.50. The van der Waals surface area contributed by atoms with E-state index in [1.54, 1.807) is 26.0 Å². The van der Waals surface area contributed by atoms with Crippen molar-refractivity contribution in [2.45, 2.75) is 13.8 Å². The second-order valence-electron chi connectivity index (χ2n) is 4.59. The first kappa shape index (κ1) is 15.0. The highest BCUT2D eigenvalue weighted by atomic mass is 19.1. The summed E-state index contributed by atoms with van der Waals surface area (Å²) in [6, 6.07) is 6.96. The van der Waals surface area contributed by atoms with Crippen molar-refractivity contribution in [3.8, 4) is 5.75 Å². The van der Waals surface area contributed by atoms with Gasteiger partial charge < -0.3 is 10.5 Å². The van der Waals surface area contributed by atoms with Crippen LogP contribution in [0.25, 0.3) is 0 Å². The van der Waals surface area contributed by atoms with Gasteiger partial charge in [-0.1, -0.05) is 11.6 Å². The van der Waals surface area contributed by atoms with Crippen molar-refractivity contribution in [3.63, 3.8) is 0 Å². The summed E-state index contributed by atoms with van der Waals surface area (Å²) in [7, 11) is 0. The standard InChI is InChI=1S/C16H15F2NO2/c1-3-21-13-7-4-9(2)8-10(13)16(20)14-11(17)5-6-12(19)15(14)18/h4-8H,3,19H2,1-2H3. The van der Waals surface area contributed by atoms with Gasteiger partial charge in [0.25, 0.3) is 0 Å². The summed E-state index contributed by atoms with van der Waals surface area (Å²) >= 11 is 0. The number of carbonyl (C=O) groups excluding carboxylic acids is 1. The minimum Gasteiger partial charge on any atom is -0.493 e. The van der Waals surface area contributed by atoms with E-state index in [4.69, 9.17) is 10.5 Å². The topological polar surface area (TPSA) is 52.3 Å². The number of aryl methyl sites for hydroxylation is 1. The Balaban J connectivity index is 2.60. The number of nitrogens with two attached hydrogens (primary N) is 1. The van der Waals surface area contributed by atoms with Crippen LogP contribution < -0.4 is 10.5 Å². The molecule has 0 atom stereocenters. The Morgan fingerprint density at radius 1 is 1.24 bits per heavy atom. The fourth-order valence-corrected chi connectivity index (χ4v) is 2.01. The van der Waals surface area contributed by atoms with E-state index in [1.165, 1.54) is 6.07 Å². The lowest BCUT2D eigenvalue weighted by Gasteiger charge is -2.12. The van der Waals surface area contributed by atoms with Gasteiger partial charge in [0.15, 0.2) is 5.82 Å².